The number of carbonyl (C=O) groups is 1. The van der Waals surface area contributed by atoms with Crippen LogP contribution in [0.5, 0.6) is 11.5 Å². The molecule has 0 bridgehead atoms. The average molecular weight is 422 g/mol. The average Bonchev–Trinajstić information content (AvgIpc) is 3.55. The minimum Gasteiger partial charge on any atom is -0.459 e. The van der Waals surface area contributed by atoms with Crippen molar-refractivity contribution in [3.05, 3.63) is 83.6 Å². The predicted octanol–water partition coefficient (Wildman–Crippen LogP) is 3.98. The molecule has 0 N–H and O–H groups in total. The van der Waals surface area contributed by atoms with Crippen LogP contribution >= 0.6 is 0 Å². The second-order valence-corrected chi connectivity index (χ2v) is 7.29. The van der Waals surface area contributed by atoms with E-state index in [1.165, 1.54) is 17.2 Å². The summed E-state index contributed by atoms with van der Waals surface area (Å²) >= 11 is 0. The monoisotopic (exact) mass is 422 g/mol. The highest BCUT2D eigenvalue weighted by molar-refractivity contribution is 6.02. The van der Waals surface area contributed by atoms with Gasteiger partial charge in [0.2, 0.25) is 6.79 Å². The maximum Gasteiger partial charge on any atom is 0.289 e. The lowest BCUT2D eigenvalue weighted by molar-refractivity contribution is 0.0385. The van der Waals surface area contributed by atoms with Crippen molar-refractivity contribution in [2.45, 2.75) is 19.1 Å². The molecule has 0 saturated carbocycles. The molecule has 3 heterocycles. The maximum absolute atomic E-state index is 14.2. The van der Waals surface area contributed by atoms with E-state index < -0.39 is 0 Å². The summed E-state index contributed by atoms with van der Waals surface area (Å²) in [5.41, 5.74) is 2.03. The third-order valence-corrected chi connectivity index (χ3v) is 5.20. The van der Waals surface area contributed by atoms with Crippen LogP contribution in [0, 0.1) is 5.82 Å². The number of nitrogens with zero attached hydrogens (tertiary/aromatic N) is 2. The van der Waals surface area contributed by atoms with Crippen LogP contribution in [-0.2, 0) is 11.4 Å². The maximum atomic E-state index is 14.2. The summed E-state index contributed by atoms with van der Waals surface area (Å²) < 4.78 is 30.3. The van der Waals surface area contributed by atoms with E-state index >= 15 is 0 Å². The van der Waals surface area contributed by atoms with Gasteiger partial charge in [0, 0.05) is 24.1 Å². The van der Waals surface area contributed by atoms with Crippen LogP contribution in [0.4, 0.5) is 4.39 Å². The van der Waals surface area contributed by atoms with Crippen molar-refractivity contribution in [3.8, 4) is 11.5 Å². The number of rotatable bonds is 6. The number of benzene rings is 2. The summed E-state index contributed by atoms with van der Waals surface area (Å²) in [6, 6.07) is 15.2. The lowest BCUT2D eigenvalue weighted by Crippen LogP contribution is -2.37. The summed E-state index contributed by atoms with van der Waals surface area (Å²) in [5, 5.41) is 4.20. The van der Waals surface area contributed by atoms with Crippen LogP contribution in [0.15, 0.2) is 70.4 Å². The summed E-state index contributed by atoms with van der Waals surface area (Å²) in [6.07, 6.45) is 1.56. The van der Waals surface area contributed by atoms with Gasteiger partial charge in [0.25, 0.3) is 5.91 Å². The zero-order valence-corrected chi connectivity index (χ0v) is 16.5. The molecule has 1 unspecified atom stereocenters. The van der Waals surface area contributed by atoms with E-state index in [9.17, 15) is 9.18 Å². The third kappa shape index (κ3) is 3.96. The zero-order valence-electron chi connectivity index (χ0n) is 16.5. The summed E-state index contributed by atoms with van der Waals surface area (Å²) in [6.45, 7) is 0.515. The molecule has 2 aliphatic rings. The van der Waals surface area contributed by atoms with Gasteiger partial charge in [-0.05, 0) is 36.4 Å². The van der Waals surface area contributed by atoms with Crippen molar-refractivity contribution < 1.29 is 27.9 Å². The fourth-order valence-electron chi connectivity index (χ4n) is 3.63. The molecule has 0 saturated heterocycles. The second kappa shape index (κ2) is 8.14. The first-order valence-electron chi connectivity index (χ1n) is 9.86. The van der Waals surface area contributed by atoms with Gasteiger partial charge in [-0.2, -0.15) is 0 Å². The number of carbonyl (C=O) groups excluding carboxylic acids is 1. The standard InChI is InChI=1S/C23H19FN2O5/c24-18-5-2-1-4-16(18)12-26(23(27)21-6-3-9-28-21)13-17-11-19(25-31-17)15-7-8-20-22(10-15)30-14-29-20/h1-10,17H,11-14H2. The highest BCUT2D eigenvalue weighted by Crippen LogP contribution is 2.33. The van der Waals surface area contributed by atoms with E-state index in [0.29, 0.717) is 23.5 Å². The largest absolute Gasteiger partial charge is 0.459 e. The minimum absolute atomic E-state index is 0.0887. The van der Waals surface area contributed by atoms with Gasteiger partial charge >= 0.3 is 0 Å². The Morgan fingerprint density at radius 2 is 1.97 bits per heavy atom. The molecule has 7 nitrogen and oxygen atoms in total. The number of fused-ring (bicyclic) bond motifs is 1. The van der Waals surface area contributed by atoms with E-state index in [0.717, 1.165) is 11.3 Å². The first kappa shape index (κ1) is 19.2. The molecule has 2 aliphatic heterocycles. The van der Waals surface area contributed by atoms with Crippen LogP contribution in [-0.4, -0.2) is 36.0 Å². The minimum atomic E-state index is -0.371. The van der Waals surface area contributed by atoms with Crippen molar-refractivity contribution in [1.29, 1.82) is 0 Å². The van der Waals surface area contributed by atoms with E-state index in [1.54, 1.807) is 30.3 Å². The molecule has 1 amide bonds. The first-order valence-corrected chi connectivity index (χ1v) is 9.86. The Morgan fingerprint density at radius 1 is 1.10 bits per heavy atom. The molecule has 0 aliphatic carbocycles. The van der Waals surface area contributed by atoms with Crippen molar-refractivity contribution in [1.82, 2.24) is 4.90 Å². The Bertz CT molecular complexity index is 1130. The van der Waals surface area contributed by atoms with Gasteiger partial charge in [-0.1, -0.05) is 23.4 Å². The molecular weight excluding hydrogens is 403 g/mol. The summed E-state index contributed by atoms with van der Waals surface area (Å²) in [5.74, 6) is 0.835. The Kier molecular flexibility index (Phi) is 5.03. The highest BCUT2D eigenvalue weighted by Gasteiger charge is 2.29. The second-order valence-electron chi connectivity index (χ2n) is 7.29. The molecule has 31 heavy (non-hydrogen) atoms. The number of ether oxygens (including phenoxy) is 2. The summed E-state index contributed by atoms with van der Waals surface area (Å²) in [7, 11) is 0. The quantitative estimate of drug-likeness (QED) is 0.601. The van der Waals surface area contributed by atoms with Gasteiger partial charge in [0.05, 0.1) is 18.5 Å². The van der Waals surface area contributed by atoms with Crippen molar-refractivity contribution >= 4 is 11.6 Å². The fourth-order valence-corrected chi connectivity index (χ4v) is 3.63. The van der Waals surface area contributed by atoms with E-state index in [-0.39, 0.29) is 43.5 Å². The topological polar surface area (TPSA) is 73.5 Å². The zero-order chi connectivity index (χ0) is 21.2. The molecule has 158 valence electrons. The van der Waals surface area contributed by atoms with E-state index in [4.69, 9.17) is 18.7 Å². The molecule has 0 fully saturated rings. The first-order chi connectivity index (χ1) is 15.2. The van der Waals surface area contributed by atoms with Crippen LogP contribution in [0.2, 0.25) is 0 Å². The number of oxime groups is 1. The molecule has 0 radical (unpaired) electrons. The molecule has 0 spiro atoms. The molecule has 8 heteroatoms. The third-order valence-electron chi connectivity index (χ3n) is 5.20. The van der Waals surface area contributed by atoms with Crippen LogP contribution in [0.3, 0.4) is 0 Å². The summed E-state index contributed by atoms with van der Waals surface area (Å²) in [4.78, 5) is 20.1. The van der Waals surface area contributed by atoms with Gasteiger partial charge in [0.15, 0.2) is 23.4 Å². The molecule has 1 aromatic heterocycles. The molecule has 3 aromatic rings. The smallest absolute Gasteiger partial charge is 0.289 e. The molecule has 5 rings (SSSR count). The van der Waals surface area contributed by atoms with E-state index in [2.05, 4.69) is 5.16 Å². The normalized spacial score (nSPS) is 16.7. The Hall–Kier alpha value is -3.81. The van der Waals surface area contributed by atoms with Gasteiger partial charge in [0.1, 0.15) is 5.82 Å². The number of amides is 1. The molecular formula is C23H19FN2O5. The van der Waals surface area contributed by atoms with Crippen LogP contribution in [0.25, 0.3) is 0 Å². The Labute approximate surface area is 177 Å². The van der Waals surface area contributed by atoms with Crippen LogP contribution < -0.4 is 9.47 Å². The van der Waals surface area contributed by atoms with Crippen LogP contribution in [0.1, 0.15) is 28.1 Å². The number of hydrogen-bond acceptors (Lipinski definition) is 6. The lowest BCUT2D eigenvalue weighted by Gasteiger charge is -2.24. The predicted molar refractivity (Wildman–Crippen MR) is 108 cm³/mol. The van der Waals surface area contributed by atoms with Gasteiger partial charge in [-0.25, -0.2) is 4.39 Å². The fraction of sp³-hybridized carbons (Fsp3) is 0.217. The Balaban J connectivity index is 1.31. The highest BCUT2D eigenvalue weighted by atomic mass is 19.1. The lowest BCUT2D eigenvalue weighted by atomic mass is 10.0. The molecule has 2 aromatic carbocycles. The number of hydrogen-bond donors (Lipinski definition) is 0. The van der Waals surface area contributed by atoms with E-state index in [1.807, 2.05) is 18.2 Å². The molecule has 1 atom stereocenters. The van der Waals surface area contributed by atoms with Crippen molar-refractivity contribution in [2.24, 2.45) is 5.16 Å². The Morgan fingerprint density at radius 3 is 2.81 bits per heavy atom. The SMILES string of the molecule is O=C(c1ccco1)N(Cc1ccccc1F)CC1CC(c2ccc3c(c2)OCO3)=NO1. The van der Waals surface area contributed by atoms with Gasteiger partial charge in [-0.15, -0.1) is 0 Å². The van der Waals surface area contributed by atoms with Crippen molar-refractivity contribution in [3.63, 3.8) is 0 Å². The van der Waals surface area contributed by atoms with Crippen molar-refractivity contribution in [2.75, 3.05) is 13.3 Å². The number of halogens is 1. The van der Waals surface area contributed by atoms with Gasteiger partial charge < -0.3 is 23.6 Å². The number of furan rings is 1. The van der Waals surface area contributed by atoms with Gasteiger partial charge in [-0.3, -0.25) is 4.79 Å².